The number of carbonyl (C=O) groups is 2. The predicted octanol–water partition coefficient (Wildman–Crippen LogP) is 3.87. The van der Waals surface area contributed by atoms with E-state index in [9.17, 15) is 9.59 Å². The standard InChI is InChI=1S/C16H12O4/c17-13(4-5-14(18)16-2-1-8-19-16)11-3-6-15-12(10-11)7-9-20-15/h1-3,6-10H,4-5H2. The lowest BCUT2D eigenvalue weighted by Crippen LogP contribution is -2.04. The molecule has 3 rings (SSSR count). The molecule has 4 heteroatoms. The van der Waals surface area contributed by atoms with Gasteiger partial charge in [0.2, 0.25) is 0 Å². The van der Waals surface area contributed by atoms with Gasteiger partial charge in [-0.1, -0.05) is 0 Å². The first-order valence-electron chi connectivity index (χ1n) is 6.31. The van der Waals surface area contributed by atoms with Gasteiger partial charge in [-0.3, -0.25) is 9.59 Å². The summed E-state index contributed by atoms with van der Waals surface area (Å²) >= 11 is 0. The van der Waals surface area contributed by atoms with Crippen LogP contribution >= 0.6 is 0 Å². The number of furan rings is 2. The van der Waals surface area contributed by atoms with Crippen molar-refractivity contribution in [1.82, 2.24) is 0 Å². The summed E-state index contributed by atoms with van der Waals surface area (Å²) in [7, 11) is 0. The Labute approximate surface area is 115 Å². The number of fused-ring (bicyclic) bond motifs is 1. The molecule has 0 atom stereocenters. The number of rotatable bonds is 5. The number of Topliss-reactive ketones (excluding diaryl/α,β-unsaturated/α-hetero) is 2. The lowest BCUT2D eigenvalue weighted by atomic mass is 10.0. The molecule has 0 fully saturated rings. The van der Waals surface area contributed by atoms with Gasteiger partial charge in [0.05, 0.1) is 12.5 Å². The molecule has 0 aliphatic carbocycles. The van der Waals surface area contributed by atoms with Gasteiger partial charge in [0.15, 0.2) is 17.3 Å². The Morgan fingerprint density at radius 2 is 1.75 bits per heavy atom. The zero-order valence-electron chi connectivity index (χ0n) is 10.7. The van der Waals surface area contributed by atoms with E-state index in [1.54, 1.807) is 42.7 Å². The molecular formula is C16H12O4. The Kier molecular flexibility index (Phi) is 3.21. The maximum Gasteiger partial charge on any atom is 0.198 e. The minimum absolute atomic E-state index is 0.0620. The van der Waals surface area contributed by atoms with Crippen LogP contribution in [0.5, 0.6) is 0 Å². The van der Waals surface area contributed by atoms with Crippen LogP contribution in [0.3, 0.4) is 0 Å². The quantitative estimate of drug-likeness (QED) is 0.659. The molecule has 100 valence electrons. The van der Waals surface area contributed by atoms with E-state index in [4.69, 9.17) is 8.83 Å². The molecule has 0 aliphatic rings. The van der Waals surface area contributed by atoms with Crippen LogP contribution < -0.4 is 0 Å². The first kappa shape index (κ1) is 12.4. The second-order valence-corrected chi connectivity index (χ2v) is 4.50. The van der Waals surface area contributed by atoms with Gasteiger partial charge in [0, 0.05) is 23.8 Å². The third kappa shape index (κ3) is 2.40. The second kappa shape index (κ2) is 5.17. The van der Waals surface area contributed by atoms with Gasteiger partial charge in [0.25, 0.3) is 0 Å². The highest BCUT2D eigenvalue weighted by atomic mass is 16.3. The maximum atomic E-state index is 12.1. The van der Waals surface area contributed by atoms with Crippen LogP contribution in [0.2, 0.25) is 0 Å². The first-order chi connectivity index (χ1) is 9.74. The van der Waals surface area contributed by atoms with Crippen LogP contribution in [0.25, 0.3) is 11.0 Å². The molecule has 0 radical (unpaired) electrons. The normalized spacial score (nSPS) is 10.8. The number of hydrogen-bond acceptors (Lipinski definition) is 4. The Bertz CT molecular complexity index is 750. The number of ketones is 2. The number of benzene rings is 1. The van der Waals surface area contributed by atoms with E-state index in [2.05, 4.69) is 0 Å². The average molecular weight is 268 g/mol. The molecule has 0 aliphatic heterocycles. The maximum absolute atomic E-state index is 12.1. The topological polar surface area (TPSA) is 60.4 Å². The molecule has 0 N–H and O–H groups in total. The molecule has 2 aromatic heterocycles. The van der Waals surface area contributed by atoms with Crippen LogP contribution in [0.4, 0.5) is 0 Å². The van der Waals surface area contributed by atoms with Crippen molar-refractivity contribution in [2.45, 2.75) is 12.8 Å². The van der Waals surface area contributed by atoms with E-state index in [1.807, 2.05) is 0 Å². The zero-order chi connectivity index (χ0) is 13.9. The monoisotopic (exact) mass is 268 g/mol. The van der Waals surface area contributed by atoms with Crippen molar-refractivity contribution in [3.63, 3.8) is 0 Å². The zero-order valence-corrected chi connectivity index (χ0v) is 10.7. The van der Waals surface area contributed by atoms with E-state index < -0.39 is 0 Å². The van der Waals surface area contributed by atoms with Gasteiger partial charge in [-0.25, -0.2) is 0 Å². The minimum atomic E-state index is -0.160. The minimum Gasteiger partial charge on any atom is -0.464 e. The molecular weight excluding hydrogens is 256 g/mol. The summed E-state index contributed by atoms with van der Waals surface area (Å²) in [5.74, 6) is 0.0730. The fourth-order valence-corrected chi connectivity index (χ4v) is 2.07. The van der Waals surface area contributed by atoms with Crippen LogP contribution in [-0.2, 0) is 0 Å². The van der Waals surface area contributed by atoms with Gasteiger partial charge in [-0.15, -0.1) is 0 Å². The van der Waals surface area contributed by atoms with Crippen molar-refractivity contribution >= 4 is 22.5 Å². The molecule has 0 unspecified atom stereocenters. The molecule has 2 heterocycles. The van der Waals surface area contributed by atoms with Gasteiger partial charge >= 0.3 is 0 Å². The smallest absolute Gasteiger partial charge is 0.198 e. The lowest BCUT2D eigenvalue weighted by Gasteiger charge is -2.00. The average Bonchev–Trinajstić information content (AvgIpc) is 3.13. The van der Waals surface area contributed by atoms with Crippen molar-refractivity contribution in [2.24, 2.45) is 0 Å². The molecule has 0 spiro atoms. The highest BCUT2D eigenvalue weighted by Gasteiger charge is 2.13. The fraction of sp³-hybridized carbons (Fsp3) is 0.125. The first-order valence-corrected chi connectivity index (χ1v) is 6.31. The Hall–Kier alpha value is -2.62. The molecule has 0 amide bonds. The van der Waals surface area contributed by atoms with Crippen molar-refractivity contribution in [2.75, 3.05) is 0 Å². The molecule has 1 aromatic carbocycles. The van der Waals surface area contributed by atoms with Crippen LogP contribution in [-0.4, -0.2) is 11.6 Å². The Balaban J connectivity index is 1.68. The van der Waals surface area contributed by atoms with Crippen molar-refractivity contribution in [3.05, 3.63) is 60.2 Å². The summed E-state index contributed by atoms with van der Waals surface area (Å²) < 4.78 is 10.2. The number of carbonyl (C=O) groups excluding carboxylic acids is 2. The second-order valence-electron chi connectivity index (χ2n) is 4.50. The van der Waals surface area contributed by atoms with Gasteiger partial charge in [-0.05, 0) is 36.4 Å². The summed E-state index contributed by atoms with van der Waals surface area (Å²) in [6.07, 6.45) is 3.35. The highest BCUT2D eigenvalue weighted by Crippen LogP contribution is 2.18. The van der Waals surface area contributed by atoms with E-state index >= 15 is 0 Å². The summed E-state index contributed by atoms with van der Waals surface area (Å²) in [4.78, 5) is 23.8. The van der Waals surface area contributed by atoms with Crippen LogP contribution in [0, 0.1) is 0 Å². The molecule has 0 bridgehead atoms. The molecule has 4 nitrogen and oxygen atoms in total. The SMILES string of the molecule is O=C(CCC(=O)c1ccco1)c1ccc2occc2c1. The summed E-state index contributed by atoms with van der Waals surface area (Å²) in [6.45, 7) is 0. The Morgan fingerprint density at radius 1 is 0.900 bits per heavy atom. The third-order valence-corrected chi connectivity index (χ3v) is 3.15. The van der Waals surface area contributed by atoms with Gasteiger partial charge in [0.1, 0.15) is 5.58 Å². The predicted molar refractivity (Wildman–Crippen MR) is 72.8 cm³/mol. The molecule has 20 heavy (non-hydrogen) atoms. The van der Waals surface area contributed by atoms with Gasteiger partial charge in [-0.2, -0.15) is 0 Å². The largest absolute Gasteiger partial charge is 0.464 e. The lowest BCUT2D eigenvalue weighted by molar-refractivity contribution is 0.0902. The van der Waals surface area contributed by atoms with Crippen molar-refractivity contribution < 1.29 is 18.4 Å². The van der Waals surface area contributed by atoms with E-state index in [1.165, 1.54) is 6.26 Å². The van der Waals surface area contributed by atoms with E-state index in [0.717, 1.165) is 11.0 Å². The molecule has 3 aromatic rings. The highest BCUT2D eigenvalue weighted by molar-refractivity contribution is 6.02. The van der Waals surface area contributed by atoms with Gasteiger partial charge < -0.3 is 8.83 Å². The van der Waals surface area contributed by atoms with E-state index in [-0.39, 0.29) is 24.4 Å². The van der Waals surface area contributed by atoms with Crippen molar-refractivity contribution in [3.8, 4) is 0 Å². The fourth-order valence-electron chi connectivity index (χ4n) is 2.07. The summed E-state index contributed by atoms with van der Waals surface area (Å²) in [5, 5.41) is 0.883. The Morgan fingerprint density at radius 3 is 2.55 bits per heavy atom. The molecule has 0 saturated heterocycles. The van der Waals surface area contributed by atoms with Crippen LogP contribution in [0.15, 0.2) is 57.8 Å². The van der Waals surface area contributed by atoms with Crippen molar-refractivity contribution in [1.29, 1.82) is 0 Å². The molecule has 0 saturated carbocycles. The third-order valence-electron chi connectivity index (χ3n) is 3.15. The van der Waals surface area contributed by atoms with E-state index in [0.29, 0.717) is 11.3 Å². The summed E-state index contributed by atoms with van der Waals surface area (Å²) in [6, 6.07) is 10.3. The summed E-state index contributed by atoms with van der Waals surface area (Å²) in [5.41, 5.74) is 1.33. The number of hydrogen-bond donors (Lipinski definition) is 0. The van der Waals surface area contributed by atoms with Crippen LogP contribution in [0.1, 0.15) is 33.8 Å².